The van der Waals surface area contributed by atoms with Crippen molar-refractivity contribution in [2.45, 2.75) is 51.9 Å². The molecular weight excluding hydrogens is 410 g/mol. The SMILES string of the molecule is C=C(C)CN(Cc1cc(C)ccc1C)c1ncnc2c1ncn2[C@@H]1O[C@H](CO)[C@@H](O)[C@H]1O. The van der Waals surface area contributed by atoms with E-state index in [-0.39, 0.29) is 0 Å². The van der Waals surface area contributed by atoms with E-state index < -0.39 is 31.1 Å². The van der Waals surface area contributed by atoms with Gasteiger partial charge in [-0.05, 0) is 31.9 Å². The average Bonchev–Trinajstić information content (AvgIpc) is 3.31. The van der Waals surface area contributed by atoms with Crippen LogP contribution in [0.15, 0.2) is 43.0 Å². The number of imidazole rings is 1. The van der Waals surface area contributed by atoms with Gasteiger partial charge < -0.3 is 25.0 Å². The molecule has 2 aromatic heterocycles. The number of hydrogen-bond acceptors (Lipinski definition) is 8. The van der Waals surface area contributed by atoms with E-state index >= 15 is 0 Å². The maximum absolute atomic E-state index is 10.4. The highest BCUT2D eigenvalue weighted by Crippen LogP contribution is 2.33. The van der Waals surface area contributed by atoms with Gasteiger partial charge in [0.2, 0.25) is 0 Å². The van der Waals surface area contributed by atoms with Crippen molar-refractivity contribution < 1.29 is 20.1 Å². The Morgan fingerprint density at radius 2 is 1.97 bits per heavy atom. The first kappa shape index (κ1) is 22.3. The fourth-order valence-electron chi connectivity index (χ4n) is 4.07. The second-order valence-electron chi connectivity index (χ2n) is 8.49. The van der Waals surface area contributed by atoms with E-state index in [9.17, 15) is 15.3 Å². The zero-order chi connectivity index (χ0) is 23.0. The van der Waals surface area contributed by atoms with Crippen LogP contribution in [0.4, 0.5) is 5.82 Å². The van der Waals surface area contributed by atoms with Gasteiger partial charge in [0.05, 0.1) is 12.9 Å². The Hall–Kier alpha value is -2.85. The summed E-state index contributed by atoms with van der Waals surface area (Å²) in [6, 6.07) is 6.36. The van der Waals surface area contributed by atoms with Crippen LogP contribution in [0.25, 0.3) is 11.2 Å². The molecule has 1 fully saturated rings. The van der Waals surface area contributed by atoms with Crippen LogP contribution in [0, 0.1) is 13.8 Å². The maximum Gasteiger partial charge on any atom is 0.167 e. The monoisotopic (exact) mass is 439 g/mol. The van der Waals surface area contributed by atoms with Crippen molar-refractivity contribution >= 4 is 17.0 Å². The standard InChI is InChI=1S/C23H29N5O4/c1-13(2)8-27(9-16-7-14(3)5-6-15(16)4)21-18-22(25-11-24-21)28(12-26-18)23-20(31)19(30)17(10-29)32-23/h5-7,11-12,17,19-20,23,29-31H,1,8-10H2,2-4H3/t17-,19-,20-,23-/m1/s1. The van der Waals surface area contributed by atoms with Crippen LogP contribution in [-0.2, 0) is 11.3 Å². The minimum absolute atomic E-state index is 0.399. The average molecular weight is 440 g/mol. The summed E-state index contributed by atoms with van der Waals surface area (Å²) in [5.74, 6) is 0.643. The molecule has 0 amide bonds. The highest BCUT2D eigenvalue weighted by molar-refractivity contribution is 5.83. The Balaban J connectivity index is 1.74. The normalized spacial score (nSPS) is 23.1. The van der Waals surface area contributed by atoms with Crippen molar-refractivity contribution in [2.24, 2.45) is 0 Å². The summed E-state index contributed by atoms with van der Waals surface area (Å²) >= 11 is 0. The van der Waals surface area contributed by atoms with Crippen molar-refractivity contribution in [3.8, 4) is 0 Å². The maximum atomic E-state index is 10.4. The third-order valence-corrected chi connectivity index (χ3v) is 5.76. The minimum atomic E-state index is -1.22. The van der Waals surface area contributed by atoms with Gasteiger partial charge >= 0.3 is 0 Å². The van der Waals surface area contributed by atoms with Crippen molar-refractivity contribution in [1.29, 1.82) is 0 Å². The fourth-order valence-corrected chi connectivity index (χ4v) is 4.07. The molecule has 9 heteroatoms. The van der Waals surface area contributed by atoms with E-state index in [0.717, 1.165) is 5.57 Å². The number of aryl methyl sites for hydroxylation is 2. The number of aromatic nitrogens is 4. The van der Waals surface area contributed by atoms with Crippen LogP contribution >= 0.6 is 0 Å². The topological polar surface area (TPSA) is 117 Å². The Morgan fingerprint density at radius 3 is 2.66 bits per heavy atom. The molecule has 9 nitrogen and oxygen atoms in total. The van der Waals surface area contributed by atoms with Crippen LogP contribution < -0.4 is 4.90 Å². The number of aliphatic hydroxyl groups is 3. The van der Waals surface area contributed by atoms with Gasteiger partial charge in [-0.15, -0.1) is 0 Å². The summed E-state index contributed by atoms with van der Waals surface area (Å²) in [5.41, 5.74) is 5.55. The number of nitrogens with zero attached hydrogens (tertiary/aromatic N) is 5. The van der Waals surface area contributed by atoms with Crippen LogP contribution in [0.3, 0.4) is 0 Å². The number of ether oxygens (including phenoxy) is 1. The van der Waals surface area contributed by atoms with Gasteiger partial charge in [0.25, 0.3) is 0 Å². The zero-order valence-electron chi connectivity index (χ0n) is 18.5. The Kier molecular flexibility index (Phi) is 6.25. The van der Waals surface area contributed by atoms with Crippen LogP contribution in [0.5, 0.6) is 0 Å². The second kappa shape index (κ2) is 8.95. The number of hydrogen-bond donors (Lipinski definition) is 3. The molecule has 3 aromatic rings. The molecule has 1 saturated heterocycles. The van der Waals surface area contributed by atoms with Gasteiger partial charge in [0, 0.05) is 13.1 Å². The quantitative estimate of drug-likeness (QED) is 0.476. The van der Waals surface area contributed by atoms with E-state index in [1.165, 1.54) is 29.3 Å². The number of aliphatic hydroxyl groups excluding tert-OH is 3. The zero-order valence-corrected chi connectivity index (χ0v) is 18.5. The first-order valence-electron chi connectivity index (χ1n) is 10.6. The Bertz CT molecular complexity index is 1130. The molecule has 0 radical (unpaired) electrons. The smallest absolute Gasteiger partial charge is 0.167 e. The predicted octanol–water partition coefficient (Wildman–Crippen LogP) is 1.64. The fraction of sp³-hybridized carbons (Fsp3) is 0.435. The lowest BCUT2D eigenvalue weighted by Gasteiger charge is -2.25. The predicted molar refractivity (Wildman–Crippen MR) is 120 cm³/mol. The molecule has 0 aliphatic carbocycles. The first-order valence-corrected chi connectivity index (χ1v) is 10.6. The van der Waals surface area contributed by atoms with E-state index in [1.54, 1.807) is 4.57 Å². The summed E-state index contributed by atoms with van der Waals surface area (Å²) in [6.07, 6.45) is -1.25. The Labute approximate surface area is 186 Å². The number of anilines is 1. The van der Waals surface area contributed by atoms with Gasteiger partial charge in [-0.1, -0.05) is 35.9 Å². The van der Waals surface area contributed by atoms with Crippen LogP contribution in [-0.4, -0.2) is 66.3 Å². The molecule has 170 valence electrons. The minimum Gasteiger partial charge on any atom is -0.394 e. The molecule has 1 aliphatic rings. The molecule has 4 atom stereocenters. The lowest BCUT2D eigenvalue weighted by molar-refractivity contribution is -0.0511. The molecule has 3 N–H and O–H groups in total. The number of benzene rings is 1. The molecule has 32 heavy (non-hydrogen) atoms. The lowest BCUT2D eigenvalue weighted by atomic mass is 10.0. The third-order valence-electron chi connectivity index (χ3n) is 5.76. The number of rotatable bonds is 7. The van der Waals surface area contributed by atoms with Gasteiger partial charge in [-0.3, -0.25) is 4.57 Å². The van der Waals surface area contributed by atoms with Gasteiger partial charge in [-0.2, -0.15) is 0 Å². The molecule has 0 bridgehead atoms. The van der Waals surface area contributed by atoms with E-state index in [0.29, 0.717) is 30.1 Å². The van der Waals surface area contributed by atoms with Crippen molar-refractivity contribution in [3.63, 3.8) is 0 Å². The van der Waals surface area contributed by atoms with Gasteiger partial charge in [-0.25, -0.2) is 15.0 Å². The summed E-state index contributed by atoms with van der Waals surface area (Å²) in [6.45, 7) is 11.0. The second-order valence-corrected chi connectivity index (χ2v) is 8.49. The van der Waals surface area contributed by atoms with E-state index in [1.807, 2.05) is 6.92 Å². The highest BCUT2D eigenvalue weighted by atomic mass is 16.6. The molecule has 4 rings (SSSR count). The van der Waals surface area contributed by atoms with Crippen LogP contribution in [0.2, 0.25) is 0 Å². The summed E-state index contributed by atoms with van der Waals surface area (Å²) in [5, 5.41) is 30.0. The summed E-state index contributed by atoms with van der Waals surface area (Å²) in [4.78, 5) is 15.5. The van der Waals surface area contributed by atoms with Gasteiger partial charge in [0.1, 0.15) is 24.6 Å². The Morgan fingerprint density at radius 1 is 1.19 bits per heavy atom. The lowest BCUT2D eigenvalue weighted by Crippen LogP contribution is -2.33. The molecule has 1 aromatic carbocycles. The largest absolute Gasteiger partial charge is 0.394 e. The number of fused-ring (bicyclic) bond motifs is 1. The van der Waals surface area contributed by atoms with Crippen molar-refractivity contribution in [3.05, 3.63) is 59.7 Å². The molecular formula is C23H29N5O4. The van der Waals surface area contributed by atoms with Crippen molar-refractivity contribution in [1.82, 2.24) is 19.5 Å². The van der Waals surface area contributed by atoms with Crippen molar-refractivity contribution in [2.75, 3.05) is 18.1 Å². The molecule has 0 spiro atoms. The summed E-state index contributed by atoms with van der Waals surface area (Å²) in [7, 11) is 0. The van der Waals surface area contributed by atoms with E-state index in [2.05, 4.69) is 58.5 Å². The third kappa shape index (κ3) is 4.12. The summed E-state index contributed by atoms with van der Waals surface area (Å²) < 4.78 is 7.23. The highest BCUT2D eigenvalue weighted by Gasteiger charge is 2.44. The van der Waals surface area contributed by atoms with Crippen LogP contribution in [0.1, 0.15) is 29.8 Å². The molecule has 0 saturated carbocycles. The van der Waals surface area contributed by atoms with Gasteiger partial charge in [0.15, 0.2) is 23.2 Å². The molecule has 1 aliphatic heterocycles. The molecule has 3 heterocycles. The first-order chi connectivity index (χ1) is 15.3. The molecule has 0 unspecified atom stereocenters. The van der Waals surface area contributed by atoms with E-state index in [4.69, 9.17) is 4.74 Å².